The molecule has 1 unspecified atom stereocenters. The summed E-state index contributed by atoms with van der Waals surface area (Å²) in [6, 6.07) is 5.94. The zero-order valence-corrected chi connectivity index (χ0v) is 14.2. The smallest absolute Gasteiger partial charge is 0.297 e. The van der Waals surface area contributed by atoms with Gasteiger partial charge in [-0.2, -0.15) is 8.42 Å². The van der Waals surface area contributed by atoms with E-state index in [2.05, 4.69) is 0 Å². The Morgan fingerprint density at radius 1 is 1.18 bits per heavy atom. The summed E-state index contributed by atoms with van der Waals surface area (Å²) in [5.74, 6) is 0.212. The molecule has 0 bridgehead atoms. The van der Waals surface area contributed by atoms with Gasteiger partial charge < -0.3 is 4.74 Å². The highest BCUT2D eigenvalue weighted by atomic mass is 32.2. The van der Waals surface area contributed by atoms with Gasteiger partial charge in [0.2, 0.25) is 0 Å². The number of rotatable bonds is 10. The predicted octanol–water partition coefficient (Wildman–Crippen LogP) is 3.19. The lowest BCUT2D eigenvalue weighted by Crippen LogP contribution is -2.20. The van der Waals surface area contributed by atoms with Crippen LogP contribution in [0.25, 0.3) is 0 Å². The molecule has 0 saturated carbocycles. The van der Waals surface area contributed by atoms with Crippen molar-refractivity contribution in [1.29, 1.82) is 0 Å². The highest BCUT2D eigenvalue weighted by Gasteiger charge is 2.20. The van der Waals surface area contributed by atoms with Gasteiger partial charge in [0.05, 0.1) is 11.5 Å². The number of carbonyl (C=O) groups is 1. The lowest BCUT2D eigenvalue weighted by Gasteiger charge is -2.10. The van der Waals surface area contributed by atoms with E-state index in [9.17, 15) is 13.2 Å². The van der Waals surface area contributed by atoms with E-state index in [-0.39, 0.29) is 16.6 Å². The summed E-state index contributed by atoms with van der Waals surface area (Å²) in [6.45, 7) is 5.78. The zero-order chi connectivity index (χ0) is 16.6. The average Bonchev–Trinajstić information content (AvgIpc) is 2.51. The molecular weight excluding hydrogens is 304 g/mol. The molecule has 0 aliphatic carbocycles. The Labute approximate surface area is 132 Å². The van der Waals surface area contributed by atoms with Crippen LogP contribution >= 0.6 is 0 Å². The number of ketones is 1. The average molecular weight is 328 g/mol. The Hall–Kier alpha value is -1.40. The van der Waals surface area contributed by atoms with Crippen LogP contribution < -0.4 is 4.74 Å². The van der Waals surface area contributed by atoms with Gasteiger partial charge in [0.1, 0.15) is 12.4 Å². The molecule has 0 aromatic heterocycles. The van der Waals surface area contributed by atoms with Crippen molar-refractivity contribution < 1.29 is 22.1 Å². The van der Waals surface area contributed by atoms with Crippen LogP contribution in [0.5, 0.6) is 5.75 Å². The molecule has 1 aromatic carbocycles. The summed E-state index contributed by atoms with van der Waals surface area (Å²) in [4.78, 5) is 11.9. The van der Waals surface area contributed by atoms with Crippen LogP contribution in [0.2, 0.25) is 0 Å². The topological polar surface area (TPSA) is 69.7 Å². The van der Waals surface area contributed by atoms with Gasteiger partial charge in [-0.3, -0.25) is 8.98 Å². The van der Waals surface area contributed by atoms with Crippen molar-refractivity contribution in [2.75, 3.05) is 13.2 Å². The minimum Gasteiger partial charge on any atom is -0.494 e. The van der Waals surface area contributed by atoms with Gasteiger partial charge in [0.15, 0.2) is 5.78 Å². The van der Waals surface area contributed by atoms with Gasteiger partial charge >= 0.3 is 0 Å². The molecular formula is C16H24O5S. The summed E-state index contributed by atoms with van der Waals surface area (Å²) in [5.41, 5.74) is 0. The van der Waals surface area contributed by atoms with E-state index < -0.39 is 16.7 Å². The quantitative estimate of drug-likeness (QED) is 0.617. The number of ether oxygens (including phenoxy) is 1. The first-order valence-electron chi connectivity index (χ1n) is 7.55. The highest BCUT2D eigenvalue weighted by Crippen LogP contribution is 2.18. The molecule has 5 nitrogen and oxygen atoms in total. The molecule has 0 radical (unpaired) electrons. The second-order valence-electron chi connectivity index (χ2n) is 5.13. The van der Waals surface area contributed by atoms with E-state index in [0.717, 1.165) is 19.3 Å². The van der Waals surface area contributed by atoms with Crippen molar-refractivity contribution >= 4 is 15.9 Å². The number of benzene rings is 1. The molecule has 0 spiro atoms. The Balaban J connectivity index is 2.61. The van der Waals surface area contributed by atoms with Crippen LogP contribution in [0, 0.1) is 5.92 Å². The van der Waals surface area contributed by atoms with Crippen LogP contribution in [0.4, 0.5) is 0 Å². The summed E-state index contributed by atoms with van der Waals surface area (Å²) in [5, 5.41) is 0. The normalized spacial score (nSPS) is 12.9. The lowest BCUT2D eigenvalue weighted by atomic mass is 10.0. The second kappa shape index (κ2) is 8.90. The van der Waals surface area contributed by atoms with Crippen molar-refractivity contribution in [2.45, 2.75) is 44.9 Å². The van der Waals surface area contributed by atoms with E-state index in [0.29, 0.717) is 12.4 Å². The van der Waals surface area contributed by atoms with E-state index in [4.69, 9.17) is 8.92 Å². The molecule has 0 fully saturated rings. The van der Waals surface area contributed by atoms with Crippen LogP contribution in [0.15, 0.2) is 29.2 Å². The molecule has 124 valence electrons. The van der Waals surface area contributed by atoms with E-state index in [1.165, 1.54) is 12.1 Å². The second-order valence-corrected chi connectivity index (χ2v) is 6.75. The monoisotopic (exact) mass is 328 g/mol. The molecule has 0 amide bonds. The largest absolute Gasteiger partial charge is 0.494 e. The fourth-order valence-corrected chi connectivity index (χ4v) is 2.76. The molecule has 22 heavy (non-hydrogen) atoms. The van der Waals surface area contributed by atoms with E-state index >= 15 is 0 Å². The highest BCUT2D eigenvalue weighted by molar-refractivity contribution is 7.86. The van der Waals surface area contributed by atoms with Crippen LogP contribution in [-0.4, -0.2) is 27.4 Å². The molecule has 1 aromatic rings. The van der Waals surface area contributed by atoms with Crippen LogP contribution in [-0.2, 0) is 19.1 Å². The van der Waals surface area contributed by atoms with Gasteiger partial charge in [0, 0.05) is 5.92 Å². The van der Waals surface area contributed by atoms with Crippen molar-refractivity contribution in [1.82, 2.24) is 0 Å². The minimum absolute atomic E-state index is 0.0185. The molecule has 0 saturated heterocycles. The SMILES string of the molecule is CCCCC(C)C(=O)COS(=O)(=O)c1ccc(OCC)cc1. The van der Waals surface area contributed by atoms with Crippen LogP contribution in [0.3, 0.4) is 0 Å². The number of carbonyl (C=O) groups excluding carboxylic acids is 1. The predicted molar refractivity (Wildman–Crippen MR) is 84.4 cm³/mol. The third-order valence-electron chi connectivity index (χ3n) is 3.32. The molecule has 0 N–H and O–H groups in total. The van der Waals surface area contributed by atoms with E-state index in [1.54, 1.807) is 19.1 Å². The summed E-state index contributed by atoms with van der Waals surface area (Å²) < 4.78 is 34.2. The number of unbranched alkanes of at least 4 members (excludes halogenated alkanes) is 1. The summed E-state index contributed by atoms with van der Waals surface area (Å²) in [7, 11) is -3.92. The Morgan fingerprint density at radius 2 is 1.82 bits per heavy atom. The molecule has 6 heteroatoms. The molecule has 0 aliphatic rings. The molecule has 0 heterocycles. The maximum atomic E-state index is 12.0. The molecule has 1 atom stereocenters. The van der Waals surface area contributed by atoms with Gasteiger partial charge in [-0.1, -0.05) is 26.7 Å². The number of hydrogen-bond donors (Lipinski definition) is 0. The fraction of sp³-hybridized carbons (Fsp3) is 0.562. The zero-order valence-electron chi connectivity index (χ0n) is 13.4. The van der Waals surface area contributed by atoms with Crippen molar-refractivity contribution in [3.05, 3.63) is 24.3 Å². The third kappa shape index (κ3) is 5.77. The summed E-state index contributed by atoms with van der Waals surface area (Å²) in [6.07, 6.45) is 2.70. The number of hydrogen-bond acceptors (Lipinski definition) is 5. The van der Waals surface area contributed by atoms with Gasteiger partial charge in [0.25, 0.3) is 10.1 Å². The first-order chi connectivity index (χ1) is 10.4. The van der Waals surface area contributed by atoms with Crippen molar-refractivity contribution in [2.24, 2.45) is 5.92 Å². The number of Topliss-reactive ketones (excluding diaryl/α,β-unsaturated/α-hetero) is 1. The first-order valence-corrected chi connectivity index (χ1v) is 8.96. The fourth-order valence-electron chi connectivity index (χ4n) is 1.89. The van der Waals surface area contributed by atoms with E-state index in [1.807, 2.05) is 13.8 Å². The molecule has 0 aliphatic heterocycles. The Bertz CT molecular complexity index is 563. The van der Waals surface area contributed by atoms with Crippen LogP contribution in [0.1, 0.15) is 40.0 Å². The Kier molecular flexibility index (Phi) is 7.55. The standard InChI is InChI=1S/C16H24O5S/c1-4-6-7-13(3)16(17)12-21-22(18,19)15-10-8-14(9-11-15)20-5-2/h8-11,13H,4-7,12H2,1-3H3. The van der Waals surface area contributed by atoms with Crippen molar-refractivity contribution in [3.63, 3.8) is 0 Å². The third-order valence-corrected chi connectivity index (χ3v) is 4.60. The maximum absolute atomic E-state index is 12.0. The maximum Gasteiger partial charge on any atom is 0.297 e. The summed E-state index contributed by atoms with van der Waals surface area (Å²) >= 11 is 0. The minimum atomic E-state index is -3.92. The first kappa shape index (κ1) is 18.6. The van der Waals surface area contributed by atoms with Gasteiger partial charge in [-0.05, 0) is 37.6 Å². The van der Waals surface area contributed by atoms with Gasteiger partial charge in [-0.15, -0.1) is 0 Å². The van der Waals surface area contributed by atoms with Gasteiger partial charge in [-0.25, -0.2) is 0 Å². The van der Waals surface area contributed by atoms with Crippen molar-refractivity contribution in [3.8, 4) is 5.75 Å². The lowest BCUT2D eigenvalue weighted by molar-refractivity contribution is -0.124. The Morgan fingerprint density at radius 3 is 2.36 bits per heavy atom. The molecule has 1 rings (SSSR count).